The summed E-state index contributed by atoms with van der Waals surface area (Å²) in [5.41, 5.74) is -0.386. The van der Waals surface area contributed by atoms with Gasteiger partial charge >= 0.3 is 5.97 Å². The van der Waals surface area contributed by atoms with Gasteiger partial charge in [-0.1, -0.05) is 6.42 Å². The average Bonchev–Trinajstić information content (AvgIpc) is 2.55. The van der Waals surface area contributed by atoms with Gasteiger partial charge in [0.25, 0.3) is 0 Å². The Bertz CT molecular complexity index is 325. The Morgan fingerprint density at radius 1 is 1.11 bits per heavy atom. The summed E-state index contributed by atoms with van der Waals surface area (Å²) in [5, 5.41) is 0. The van der Waals surface area contributed by atoms with Crippen LogP contribution in [-0.2, 0) is 19.0 Å². The molecule has 0 fully saturated rings. The Labute approximate surface area is 116 Å². The zero-order valence-electron chi connectivity index (χ0n) is 12.7. The van der Waals surface area contributed by atoms with Crippen LogP contribution in [0.4, 0.5) is 0 Å². The average molecular weight is 270 g/mol. The summed E-state index contributed by atoms with van der Waals surface area (Å²) >= 11 is 0. The van der Waals surface area contributed by atoms with Gasteiger partial charge in [0, 0.05) is 12.8 Å². The Kier molecular flexibility index (Phi) is 5.70. The normalized spacial score (nSPS) is 16.3. The molecule has 0 bridgehead atoms. The molecule has 1 aliphatic rings. The smallest absolute Gasteiger partial charge is 0.306 e. The summed E-state index contributed by atoms with van der Waals surface area (Å²) in [4.78, 5) is 11.5. The maximum atomic E-state index is 11.5. The van der Waals surface area contributed by atoms with E-state index < -0.39 is 0 Å². The van der Waals surface area contributed by atoms with Crippen LogP contribution in [0.1, 0.15) is 66.7 Å². The highest BCUT2D eigenvalue weighted by Gasteiger charge is 2.20. The van der Waals surface area contributed by atoms with Gasteiger partial charge in [0.05, 0.1) is 0 Å². The van der Waals surface area contributed by atoms with Crippen molar-refractivity contribution in [3.05, 3.63) is 11.5 Å². The lowest BCUT2D eigenvalue weighted by atomic mass is 10.1. The maximum Gasteiger partial charge on any atom is 0.306 e. The number of rotatable bonds is 6. The zero-order valence-corrected chi connectivity index (χ0v) is 12.7. The topological polar surface area (TPSA) is 44.8 Å². The first kappa shape index (κ1) is 15.9. The third-order valence-electron chi connectivity index (χ3n) is 2.85. The molecular weight excluding hydrogens is 244 g/mol. The third kappa shape index (κ3) is 6.50. The minimum Gasteiger partial charge on any atom is -0.460 e. The van der Waals surface area contributed by atoms with Crippen LogP contribution >= 0.6 is 0 Å². The quantitative estimate of drug-likeness (QED) is 0.542. The number of carbonyl (C=O) groups is 1. The minimum atomic E-state index is -0.386. The van der Waals surface area contributed by atoms with E-state index in [1.54, 1.807) is 0 Å². The molecule has 0 aliphatic carbocycles. The largest absolute Gasteiger partial charge is 0.460 e. The van der Waals surface area contributed by atoms with Crippen molar-refractivity contribution in [1.29, 1.82) is 0 Å². The molecule has 4 nitrogen and oxygen atoms in total. The van der Waals surface area contributed by atoms with Gasteiger partial charge in [0.15, 0.2) is 0 Å². The van der Waals surface area contributed by atoms with Gasteiger partial charge in [-0.05, 0) is 47.5 Å². The monoisotopic (exact) mass is 270 g/mol. The van der Waals surface area contributed by atoms with Gasteiger partial charge in [0.1, 0.15) is 17.1 Å². The van der Waals surface area contributed by atoms with Crippen LogP contribution in [0.3, 0.4) is 0 Å². The van der Waals surface area contributed by atoms with Crippen molar-refractivity contribution in [1.82, 2.24) is 0 Å². The van der Waals surface area contributed by atoms with E-state index in [0.717, 1.165) is 37.2 Å². The second-order valence-corrected chi connectivity index (χ2v) is 5.96. The molecule has 0 saturated heterocycles. The molecule has 19 heavy (non-hydrogen) atoms. The molecule has 4 heteroatoms. The second kappa shape index (κ2) is 6.83. The summed E-state index contributed by atoms with van der Waals surface area (Å²) in [6.07, 6.45) is 4.05. The molecule has 0 atom stereocenters. The highest BCUT2D eigenvalue weighted by atomic mass is 16.7. The lowest BCUT2D eigenvalue weighted by Crippen LogP contribution is -2.23. The summed E-state index contributed by atoms with van der Waals surface area (Å²) < 4.78 is 16.3. The Hall–Kier alpha value is -1.19. The van der Waals surface area contributed by atoms with Gasteiger partial charge in [-0.25, -0.2) is 0 Å². The molecule has 0 spiro atoms. The molecule has 0 radical (unpaired) electrons. The maximum absolute atomic E-state index is 11.5. The molecule has 0 aromatic carbocycles. The molecule has 0 saturated carbocycles. The van der Waals surface area contributed by atoms with E-state index in [-0.39, 0.29) is 17.9 Å². The fraction of sp³-hybridized carbons (Fsp3) is 0.800. The van der Waals surface area contributed by atoms with Gasteiger partial charge in [0.2, 0.25) is 6.29 Å². The lowest BCUT2D eigenvalue weighted by molar-refractivity contribution is -0.154. The van der Waals surface area contributed by atoms with Crippen LogP contribution in [-0.4, -0.2) is 17.9 Å². The molecule has 0 aromatic heterocycles. The molecule has 1 rings (SSSR count). The Balaban J connectivity index is 2.02. The van der Waals surface area contributed by atoms with Crippen LogP contribution in [0.2, 0.25) is 0 Å². The standard InChI is InChI=1S/C15H26O4/c1-11-12(2)18-14(17-11)10-8-6-7-9-13(16)19-15(3,4)5/h14H,6-10H2,1-5H3. The number of carbonyl (C=O) groups excluding carboxylic acids is 1. The summed E-state index contributed by atoms with van der Waals surface area (Å²) in [7, 11) is 0. The van der Waals surface area contributed by atoms with E-state index in [9.17, 15) is 4.79 Å². The van der Waals surface area contributed by atoms with Gasteiger partial charge in [-0.15, -0.1) is 0 Å². The van der Waals surface area contributed by atoms with Crippen LogP contribution in [0.25, 0.3) is 0 Å². The lowest BCUT2D eigenvalue weighted by Gasteiger charge is -2.19. The summed E-state index contributed by atoms with van der Waals surface area (Å²) in [6, 6.07) is 0. The number of esters is 1. The number of ether oxygens (including phenoxy) is 3. The van der Waals surface area contributed by atoms with Crippen molar-refractivity contribution in [3.63, 3.8) is 0 Å². The van der Waals surface area contributed by atoms with E-state index in [0.29, 0.717) is 6.42 Å². The van der Waals surface area contributed by atoms with Crippen molar-refractivity contribution in [3.8, 4) is 0 Å². The van der Waals surface area contributed by atoms with E-state index >= 15 is 0 Å². The van der Waals surface area contributed by atoms with Crippen LogP contribution in [0, 0.1) is 0 Å². The minimum absolute atomic E-state index is 0.116. The number of hydrogen-bond donors (Lipinski definition) is 0. The Morgan fingerprint density at radius 2 is 1.68 bits per heavy atom. The van der Waals surface area contributed by atoms with Gasteiger partial charge < -0.3 is 14.2 Å². The molecule has 0 aromatic rings. The predicted molar refractivity (Wildman–Crippen MR) is 73.3 cm³/mol. The fourth-order valence-corrected chi connectivity index (χ4v) is 1.85. The third-order valence-corrected chi connectivity index (χ3v) is 2.85. The number of unbranched alkanes of at least 4 members (excludes halogenated alkanes) is 2. The van der Waals surface area contributed by atoms with Crippen molar-refractivity contribution in [2.24, 2.45) is 0 Å². The molecule has 110 valence electrons. The zero-order chi connectivity index (χ0) is 14.5. The summed E-state index contributed by atoms with van der Waals surface area (Å²) in [5.74, 6) is 1.63. The van der Waals surface area contributed by atoms with Crippen LogP contribution < -0.4 is 0 Å². The molecule has 1 aliphatic heterocycles. The van der Waals surface area contributed by atoms with E-state index in [1.807, 2.05) is 34.6 Å². The highest BCUT2D eigenvalue weighted by molar-refractivity contribution is 5.69. The molecule has 0 amide bonds. The Morgan fingerprint density at radius 3 is 2.21 bits per heavy atom. The molecular formula is C15H26O4. The first-order valence-electron chi connectivity index (χ1n) is 7.00. The summed E-state index contributed by atoms with van der Waals surface area (Å²) in [6.45, 7) is 9.49. The van der Waals surface area contributed by atoms with Gasteiger partial charge in [-0.2, -0.15) is 0 Å². The highest BCUT2D eigenvalue weighted by Crippen LogP contribution is 2.24. The van der Waals surface area contributed by atoms with E-state index in [2.05, 4.69) is 0 Å². The SMILES string of the molecule is CC1=C(C)OC(CCCCCC(=O)OC(C)(C)C)O1. The first-order valence-corrected chi connectivity index (χ1v) is 7.00. The van der Waals surface area contributed by atoms with Crippen molar-refractivity contribution in [2.75, 3.05) is 0 Å². The fourth-order valence-electron chi connectivity index (χ4n) is 1.85. The van der Waals surface area contributed by atoms with Crippen molar-refractivity contribution < 1.29 is 19.0 Å². The van der Waals surface area contributed by atoms with Crippen LogP contribution in [0.15, 0.2) is 11.5 Å². The second-order valence-electron chi connectivity index (χ2n) is 5.96. The van der Waals surface area contributed by atoms with Crippen LogP contribution in [0.5, 0.6) is 0 Å². The molecule has 0 unspecified atom stereocenters. The number of hydrogen-bond acceptors (Lipinski definition) is 4. The van der Waals surface area contributed by atoms with Gasteiger partial charge in [-0.3, -0.25) is 4.79 Å². The van der Waals surface area contributed by atoms with E-state index in [1.165, 1.54) is 0 Å². The first-order chi connectivity index (χ1) is 8.78. The van der Waals surface area contributed by atoms with Crippen molar-refractivity contribution in [2.45, 2.75) is 78.6 Å². The number of allylic oxidation sites excluding steroid dienone is 2. The van der Waals surface area contributed by atoms with Crippen molar-refractivity contribution >= 4 is 5.97 Å². The predicted octanol–water partition coefficient (Wildman–Crippen LogP) is 3.90. The van der Waals surface area contributed by atoms with E-state index in [4.69, 9.17) is 14.2 Å². The molecule has 0 N–H and O–H groups in total. The molecule has 1 heterocycles.